The normalized spacial score (nSPS) is 12.7. The van der Waals surface area contributed by atoms with Crippen LogP contribution in [-0.4, -0.2) is 46.5 Å². The van der Waals surface area contributed by atoms with Crippen molar-refractivity contribution < 1.29 is 14.0 Å². The minimum absolute atomic E-state index is 0.174. The molecular formula is C23H24N6O3. The average molecular weight is 432 g/mol. The monoisotopic (exact) mass is 432 g/mol. The fourth-order valence-corrected chi connectivity index (χ4v) is 3.78. The van der Waals surface area contributed by atoms with Crippen LogP contribution in [0.4, 0.5) is 16.3 Å². The van der Waals surface area contributed by atoms with Crippen LogP contribution in [0.5, 0.6) is 0 Å². The van der Waals surface area contributed by atoms with Gasteiger partial charge >= 0.3 is 6.03 Å². The van der Waals surface area contributed by atoms with E-state index >= 15 is 0 Å². The number of fused-ring (bicyclic) bond motifs is 1. The van der Waals surface area contributed by atoms with Crippen molar-refractivity contribution in [3.63, 3.8) is 0 Å². The number of carbonyl (C=O) groups is 2. The zero-order valence-electron chi connectivity index (χ0n) is 17.7. The van der Waals surface area contributed by atoms with E-state index < -0.39 is 0 Å². The second kappa shape index (κ2) is 8.93. The lowest BCUT2D eigenvalue weighted by Gasteiger charge is -2.30. The van der Waals surface area contributed by atoms with Crippen LogP contribution >= 0.6 is 0 Å². The molecule has 4 rings (SSSR count). The number of benzene rings is 1. The smallest absolute Gasteiger partial charge is 0.322 e. The van der Waals surface area contributed by atoms with Gasteiger partial charge in [-0.1, -0.05) is 6.07 Å². The highest BCUT2D eigenvalue weighted by Crippen LogP contribution is 2.24. The van der Waals surface area contributed by atoms with Gasteiger partial charge in [-0.25, -0.2) is 9.78 Å². The van der Waals surface area contributed by atoms with Crippen molar-refractivity contribution in [3.8, 4) is 0 Å². The van der Waals surface area contributed by atoms with Gasteiger partial charge < -0.3 is 30.7 Å². The van der Waals surface area contributed by atoms with Gasteiger partial charge in [0.1, 0.15) is 11.6 Å². The summed E-state index contributed by atoms with van der Waals surface area (Å²) in [5.74, 6) is 0.848. The molecule has 3 amide bonds. The first-order chi connectivity index (χ1) is 15.5. The van der Waals surface area contributed by atoms with Crippen LogP contribution in [0.1, 0.15) is 32.8 Å². The number of furan rings is 1. The number of nitrogen functional groups attached to an aromatic ring is 1. The first-order valence-corrected chi connectivity index (χ1v) is 10.2. The van der Waals surface area contributed by atoms with Crippen molar-refractivity contribution in [2.24, 2.45) is 0 Å². The van der Waals surface area contributed by atoms with Gasteiger partial charge in [0.2, 0.25) is 0 Å². The summed E-state index contributed by atoms with van der Waals surface area (Å²) in [5.41, 5.74) is 9.32. The van der Waals surface area contributed by atoms with Crippen LogP contribution < -0.4 is 11.1 Å². The molecule has 9 heteroatoms. The largest absolute Gasteiger partial charge is 0.467 e. The number of hydrogen-bond acceptors (Lipinski definition) is 6. The molecule has 0 atom stereocenters. The van der Waals surface area contributed by atoms with E-state index in [4.69, 9.17) is 15.6 Å². The maximum Gasteiger partial charge on any atom is 0.322 e. The summed E-state index contributed by atoms with van der Waals surface area (Å²) in [6.07, 6.45) is 5.03. The van der Waals surface area contributed by atoms with Crippen molar-refractivity contribution >= 4 is 29.7 Å². The summed E-state index contributed by atoms with van der Waals surface area (Å²) >= 11 is 0. The molecule has 1 aromatic carbocycles. The molecular weight excluding hydrogens is 408 g/mol. The standard InChI is InChI=1S/C23H24N6O3/c1-28(14-18-6-3-9-32-18)22(30)15-4-2-5-17(10-15)27-23(31)29-8-7-19-16(13-29)12-26-21(25)20(19)11-24/h2-6,9-12,24H,7-8,13-14H2,1H3,(H2,25,26)(H,27,31). The van der Waals surface area contributed by atoms with E-state index in [9.17, 15) is 9.59 Å². The molecule has 0 fully saturated rings. The molecule has 32 heavy (non-hydrogen) atoms. The van der Waals surface area contributed by atoms with Crippen LogP contribution in [0.3, 0.4) is 0 Å². The fraction of sp³-hybridized carbons (Fsp3) is 0.217. The predicted molar refractivity (Wildman–Crippen MR) is 121 cm³/mol. The number of nitrogens with zero attached hydrogens (tertiary/aromatic N) is 3. The summed E-state index contributed by atoms with van der Waals surface area (Å²) in [4.78, 5) is 33.0. The lowest BCUT2D eigenvalue weighted by atomic mass is 9.97. The Labute approximate surface area is 185 Å². The number of urea groups is 1. The first kappa shape index (κ1) is 21.1. The Morgan fingerprint density at radius 2 is 2.19 bits per heavy atom. The Morgan fingerprint density at radius 1 is 1.34 bits per heavy atom. The molecule has 0 aliphatic carbocycles. The molecule has 3 aromatic rings. The molecule has 9 nitrogen and oxygen atoms in total. The van der Waals surface area contributed by atoms with Crippen LogP contribution in [-0.2, 0) is 19.5 Å². The zero-order valence-corrected chi connectivity index (χ0v) is 17.7. The summed E-state index contributed by atoms with van der Waals surface area (Å²) in [5, 5.41) is 10.4. The summed E-state index contributed by atoms with van der Waals surface area (Å²) < 4.78 is 5.30. The highest BCUT2D eigenvalue weighted by atomic mass is 16.3. The van der Waals surface area contributed by atoms with Crippen molar-refractivity contribution in [1.29, 1.82) is 5.41 Å². The molecule has 1 aliphatic rings. The number of anilines is 2. The lowest BCUT2D eigenvalue weighted by molar-refractivity contribution is 0.0775. The minimum Gasteiger partial charge on any atom is -0.467 e. The second-order valence-electron chi connectivity index (χ2n) is 7.63. The van der Waals surface area contributed by atoms with Crippen molar-refractivity contribution in [1.82, 2.24) is 14.8 Å². The van der Waals surface area contributed by atoms with Gasteiger partial charge in [-0.3, -0.25) is 4.79 Å². The third-order valence-electron chi connectivity index (χ3n) is 5.45. The van der Waals surface area contributed by atoms with E-state index in [2.05, 4.69) is 10.3 Å². The number of rotatable bonds is 5. The fourth-order valence-electron chi connectivity index (χ4n) is 3.78. The van der Waals surface area contributed by atoms with Crippen LogP contribution in [0.15, 0.2) is 53.3 Å². The van der Waals surface area contributed by atoms with E-state index in [0.717, 1.165) is 11.1 Å². The van der Waals surface area contributed by atoms with E-state index in [1.54, 1.807) is 59.6 Å². The average Bonchev–Trinajstić information content (AvgIpc) is 3.31. The van der Waals surface area contributed by atoms with Gasteiger partial charge in [-0.05, 0) is 47.9 Å². The van der Waals surface area contributed by atoms with Crippen molar-refractivity contribution in [2.75, 3.05) is 24.6 Å². The maximum absolute atomic E-state index is 12.8. The number of amides is 3. The van der Waals surface area contributed by atoms with E-state index in [1.165, 1.54) is 6.21 Å². The summed E-state index contributed by atoms with van der Waals surface area (Å²) in [6.45, 7) is 1.22. The third-order valence-corrected chi connectivity index (χ3v) is 5.45. The summed E-state index contributed by atoms with van der Waals surface area (Å²) in [6, 6.07) is 10.2. The Kier molecular flexibility index (Phi) is 5.89. The molecule has 0 radical (unpaired) electrons. The molecule has 4 N–H and O–H groups in total. The van der Waals surface area contributed by atoms with Gasteiger partial charge in [0.25, 0.3) is 5.91 Å². The Balaban J connectivity index is 1.43. The SMILES string of the molecule is CN(Cc1ccco1)C(=O)c1cccc(NC(=O)N2CCc3c(cnc(N)c3C=N)C2)c1. The van der Waals surface area contributed by atoms with Crippen LogP contribution in [0.25, 0.3) is 0 Å². The third kappa shape index (κ3) is 4.31. The lowest BCUT2D eigenvalue weighted by Crippen LogP contribution is -2.39. The van der Waals surface area contributed by atoms with Gasteiger partial charge in [0.05, 0.1) is 12.8 Å². The molecule has 0 saturated carbocycles. The highest BCUT2D eigenvalue weighted by Gasteiger charge is 2.24. The molecule has 1 aliphatic heterocycles. The van der Waals surface area contributed by atoms with Gasteiger partial charge in [0, 0.05) is 49.4 Å². The van der Waals surface area contributed by atoms with Crippen molar-refractivity contribution in [2.45, 2.75) is 19.5 Å². The highest BCUT2D eigenvalue weighted by molar-refractivity contribution is 5.97. The van der Waals surface area contributed by atoms with Crippen LogP contribution in [0.2, 0.25) is 0 Å². The van der Waals surface area contributed by atoms with Gasteiger partial charge in [-0.15, -0.1) is 0 Å². The number of aromatic nitrogens is 1. The molecule has 0 unspecified atom stereocenters. The molecule has 164 valence electrons. The van der Waals surface area contributed by atoms with E-state index in [1.807, 2.05) is 6.07 Å². The Hall–Kier alpha value is -4.14. The maximum atomic E-state index is 12.8. The second-order valence-corrected chi connectivity index (χ2v) is 7.63. The molecule has 0 saturated heterocycles. The van der Waals surface area contributed by atoms with Crippen molar-refractivity contribution in [3.05, 3.63) is 76.9 Å². The molecule has 2 aromatic heterocycles. The summed E-state index contributed by atoms with van der Waals surface area (Å²) in [7, 11) is 1.70. The van der Waals surface area contributed by atoms with Gasteiger partial charge in [0.15, 0.2) is 0 Å². The number of hydrogen-bond donors (Lipinski definition) is 3. The zero-order chi connectivity index (χ0) is 22.7. The number of nitrogens with two attached hydrogens (primary N) is 1. The Morgan fingerprint density at radius 3 is 2.94 bits per heavy atom. The molecule has 0 spiro atoms. The van der Waals surface area contributed by atoms with E-state index in [0.29, 0.717) is 54.4 Å². The van der Waals surface area contributed by atoms with Crippen LogP contribution in [0, 0.1) is 5.41 Å². The predicted octanol–water partition coefficient (Wildman–Crippen LogP) is 3.12. The first-order valence-electron chi connectivity index (χ1n) is 10.2. The molecule has 3 heterocycles. The quantitative estimate of drug-likeness (QED) is 0.534. The minimum atomic E-state index is -0.266. The Bertz CT molecular complexity index is 1160. The van der Waals surface area contributed by atoms with Gasteiger partial charge in [-0.2, -0.15) is 0 Å². The topological polar surface area (TPSA) is 129 Å². The number of pyridine rings is 1. The number of carbonyl (C=O) groups excluding carboxylic acids is 2. The molecule has 0 bridgehead atoms. The van der Waals surface area contributed by atoms with E-state index in [-0.39, 0.29) is 11.9 Å². The number of nitrogens with one attached hydrogen (secondary N) is 2.